The van der Waals surface area contributed by atoms with Crippen LogP contribution in [-0.4, -0.2) is 50.7 Å². The highest BCUT2D eigenvalue weighted by molar-refractivity contribution is 6.32. The van der Waals surface area contributed by atoms with Crippen molar-refractivity contribution >= 4 is 52.1 Å². The molecule has 7 nitrogen and oxygen atoms in total. The fraction of sp³-hybridized carbons (Fsp3) is 0.269. The van der Waals surface area contributed by atoms with Crippen LogP contribution >= 0.6 is 24.0 Å². The molecule has 0 radical (unpaired) electrons. The normalized spacial score (nSPS) is 14.6. The van der Waals surface area contributed by atoms with Gasteiger partial charge in [0.05, 0.1) is 39.7 Å². The summed E-state index contributed by atoms with van der Waals surface area (Å²) in [5, 5.41) is 18.3. The van der Waals surface area contributed by atoms with E-state index >= 15 is 0 Å². The van der Waals surface area contributed by atoms with Gasteiger partial charge >= 0.3 is 0 Å². The van der Waals surface area contributed by atoms with Crippen molar-refractivity contribution < 1.29 is 14.3 Å². The van der Waals surface area contributed by atoms with Gasteiger partial charge in [0, 0.05) is 17.8 Å². The molecule has 5 rings (SSSR count). The predicted octanol–water partition coefficient (Wildman–Crippen LogP) is 6.23. The Balaban J connectivity index is 0.00000304. The van der Waals surface area contributed by atoms with Crippen LogP contribution in [0.4, 0.5) is 15.8 Å². The van der Waals surface area contributed by atoms with E-state index in [0.29, 0.717) is 39.3 Å². The van der Waals surface area contributed by atoms with E-state index in [1.165, 1.54) is 19.1 Å². The summed E-state index contributed by atoms with van der Waals surface area (Å²) in [4.78, 5) is 19.2. The van der Waals surface area contributed by atoms with E-state index < -0.39 is 11.6 Å². The minimum Gasteiger partial charge on any atom is -0.504 e. The molecule has 10 heteroatoms. The molecular weight excluding hydrogens is 504 g/mol. The maximum Gasteiger partial charge on any atom is 0.170 e. The van der Waals surface area contributed by atoms with E-state index in [-0.39, 0.29) is 23.2 Å². The Bertz CT molecular complexity index is 1410. The second kappa shape index (κ2) is 10.4. The molecule has 2 aromatic heterocycles. The number of carbonyl (C=O) groups excluding carboxylic acids is 1. The van der Waals surface area contributed by atoms with Crippen molar-refractivity contribution in [2.75, 3.05) is 25.5 Å². The van der Waals surface area contributed by atoms with Crippen LogP contribution in [0.3, 0.4) is 0 Å². The van der Waals surface area contributed by atoms with Gasteiger partial charge in [0.15, 0.2) is 17.3 Å². The molecule has 0 unspecified atom stereocenters. The number of aromatic nitrogens is 3. The molecule has 0 aliphatic carbocycles. The molecular formula is C26H26Cl2FN5O2. The number of nitrogens with zero attached hydrogens (tertiary/aromatic N) is 4. The summed E-state index contributed by atoms with van der Waals surface area (Å²) in [5.74, 6) is -1.52. The van der Waals surface area contributed by atoms with Crippen molar-refractivity contribution in [2.45, 2.75) is 25.8 Å². The summed E-state index contributed by atoms with van der Waals surface area (Å²) >= 11 is 6.00. The van der Waals surface area contributed by atoms with Gasteiger partial charge in [0.2, 0.25) is 0 Å². The molecule has 1 aliphatic heterocycles. The summed E-state index contributed by atoms with van der Waals surface area (Å²) in [7, 11) is 2.12. The topological polar surface area (TPSA) is 83.3 Å². The van der Waals surface area contributed by atoms with Gasteiger partial charge in [-0.1, -0.05) is 17.7 Å². The molecule has 2 N–H and O–H groups in total. The lowest BCUT2D eigenvalue weighted by Gasteiger charge is -2.28. The van der Waals surface area contributed by atoms with Gasteiger partial charge in [0.1, 0.15) is 0 Å². The van der Waals surface area contributed by atoms with Crippen LogP contribution in [0, 0.1) is 5.82 Å². The Morgan fingerprint density at radius 2 is 1.92 bits per heavy atom. The van der Waals surface area contributed by atoms with Crippen LogP contribution in [-0.2, 0) is 0 Å². The summed E-state index contributed by atoms with van der Waals surface area (Å²) in [6, 6.07) is 8.50. The number of pyridine rings is 1. The standard InChI is InChI=1S/C26H25ClFN5O2.ClH/c1-15(34)21-13-29-24-4-3-16(17-10-22(27)26(35)23(28)11-17)9-20(24)25(21)31-18-12-30-33(14-18)19-5-7-32(2)8-6-19;/h3-4,9-14,19,35H,5-8H2,1-2H3,(H,29,31);1H. The third kappa shape index (κ3) is 5.02. The monoisotopic (exact) mass is 529 g/mol. The Morgan fingerprint density at radius 1 is 1.17 bits per heavy atom. The van der Waals surface area contributed by atoms with Crippen LogP contribution in [0.15, 0.2) is 48.9 Å². The largest absolute Gasteiger partial charge is 0.504 e. The molecule has 1 fully saturated rings. The zero-order chi connectivity index (χ0) is 24.7. The number of hydrogen-bond acceptors (Lipinski definition) is 6. The number of anilines is 2. The first-order chi connectivity index (χ1) is 16.8. The van der Waals surface area contributed by atoms with E-state index in [1.54, 1.807) is 24.5 Å². The van der Waals surface area contributed by atoms with Crippen LogP contribution < -0.4 is 5.32 Å². The van der Waals surface area contributed by atoms with E-state index in [4.69, 9.17) is 11.6 Å². The maximum absolute atomic E-state index is 14.1. The zero-order valence-electron chi connectivity index (χ0n) is 19.8. The number of phenols is 1. The first-order valence-corrected chi connectivity index (χ1v) is 11.8. The summed E-state index contributed by atoms with van der Waals surface area (Å²) in [5.41, 5.74) is 3.67. The highest BCUT2D eigenvalue weighted by atomic mass is 35.5. The molecule has 4 aromatic rings. The van der Waals surface area contributed by atoms with Crippen molar-refractivity contribution in [3.05, 3.63) is 65.3 Å². The number of Topliss-reactive ketones (excluding diaryl/α,β-unsaturated/α-hetero) is 1. The van der Waals surface area contributed by atoms with Gasteiger partial charge in [-0.3, -0.25) is 14.5 Å². The SMILES string of the molecule is CC(=O)c1cnc2ccc(-c3cc(F)c(O)c(Cl)c3)cc2c1Nc1cnn(C2CCN(C)CC2)c1.Cl. The summed E-state index contributed by atoms with van der Waals surface area (Å²) in [6.45, 7) is 3.55. The Morgan fingerprint density at radius 3 is 2.61 bits per heavy atom. The van der Waals surface area contributed by atoms with Gasteiger partial charge in [-0.15, -0.1) is 12.4 Å². The predicted molar refractivity (Wildman–Crippen MR) is 142 cm³/mol. The lowest BCUT2D eigenvalue weighted by atomic mass is 10.00. The molecule has 1 saturated heterocycles. The first kappa shape index (κ1) is 25.9. The van der Waals surface area contributed by atoms with E-state index in [1.807, 2.05) is 16.9 Å². The molecule has 0 spiro atoms. The second-order valence-electron chi connectivity index (χ2n) is 8.99. The summed E-state index contributed by atoms with van der Waals surface area (Å²) < 4.78 is 16.1. The quantitative estimate of drug-likeness (QED) is 0.298. The molecule has 0 amide bonds. The Kier molecular flexibility index (Phi) is 7.49. The van der Waals surface area contributed by atoms with Gasteiger partial charge in [-0.2, -0.15) is 5.10 Å². The van der Waals surface area contributed by atoms with Gasteiger partial charge < -0.3 is 15.3 Å². The number of nitrogens with one attached hydrogen (secondary N) is 1. The van der Waals surface area contributed by atoms with Crippen molar-refractivity contribution in [1.82, 2.24) is 19.7 Å². The highest BCUT2D eigenvalue weighted by Gasteiger charge is 2.20. The number of phenolic OH excluding ortho intramolecular Hbond substituents is 1. The first-order valence-electron chi connectivity index (χ1n) is 11.4. The number of fused-ring (bicyclic) bond motifs is 1. The van der Waals surface area contributed by atoms with Crippen molar-refractivity contribution in [1.29, 1.82) is 0 Å². The molecule has 0 bridgehead atoms. The number of aromatic hydroxyl groups is 1. The molecule has 36 heavy (non-hydrogen) atoms. The smallest absolute Gasteiger partial charge is 0.170 e. The molecule has 2 aromatic carbocycles. The maximum atomic E-state index is 14.1. The minimum atomic E-state index is -0.803. The average molecular weight is 530 g/mol. The lowest BCUT2D eigenvalue weighted by Crippen LogP contribution is -2.31. The van der Waals surface area contributed by atoms with E-state index in [9.17, 15) is 14.3 Å². The van der Waals surface area contributed by atoms with E-state index in [0.717, 1.165) is 31.6 Å². The number of likely N-dealkylation sites (tertiary alicyclic amines) is 1. The Labute approximate surface area is 219 Å². The fourth-order valence-electron chi connectivity index (χ4n) is 4.51. The fourth-order valence-corrected chi connectivity index (χ4v) is 4.72. The van der Waals surface area contributed by atoms with Crippen LogP contribution in [0.2, 0.25) is 5.02 Å². The van der Waals surface area contributed by atoms with Gasteiger partial charge in [0.25, 0.3) is 0 Å². The highest BCUT2D eigenvalue weighted by Crippen LogP contribution is 2.36. The van der Waals surface area contributed by atoms with Crippen molar-refractivity contribution in [2.24, 2.45) is 0 Å². The lowest BCUT2D eigenvalue weighted by molar-refractivity contribution is 0.101. The average Bonchev–Trinajstić information content (AvgIpc) is 3.31. The molecule has 0 atom stereocenters. The third-order valence-electron chi connectivity index (χ3n) is 6.53. The van der Waals surface area contributed by atoms with Crippen molar-refractivity contribution in [3.8, 4) is 16.9 Å². The number of benzene rings is 2. The Hall–Kier alpha value is -3.20. The number of rotatable bonds is 5. The van der Waals surface area contributed by atoms with Crippen molar-refractivity contribution in [3.63, 3.8) is 0 Å². The van der Waals surface area contributed by atoms with Crippen LogP contribution in [0.1, 0.15) is 36.2 Å². The van der Waals surface area contributed by atoms with E-state index in [2.05, 4.69) is 27.3 Å². The second-order valence-corrected chi connectivity index (χ2v) is 9.40. The zero-order valence-corrected chi connectivity index (χ0v) is 21.4. The number of carbonyl (C=O) groups is 1. The van der Waals surface area contributed by atoms with Crippen LogP contribution in [0.25, 0.3) is 22.0 Å². The molecule has 188 valence electrons. The molecule has 0 saturated carbocycles. The minimum absolute atomic E-state index is 0. The number of hydrogen-bond donors (Lipinski definition) is 2. The number of halogens is 3. The number of ketones is 1. The molecule has 1 aliphatic rings. The number of piperidine rings is 1. The third-order valence-corrected chi connectivity index (χ3v) is 6.82. The van der Waals surface area contributed by atoms with Gasteiger partial charge in [-0.05, 0) is 75.3 Å². The van der Waals surface area contributed by atoms with Gasteiger partial charge in [-0.25, -0.2) is 4.39 Å². The summed E-state index contributed by atoms with van der Waals surface area (Å²) in [6.07, 6.45) is 7.34. The molecule has 3 heterocycles. The van der Waals surface area contributed by atoms with Crippen LogP contribution in [0.5, 0.6) is 5.75 Å².